The van der Waals surface area contributed by atoms with E-state index in [0.717, 1.165) is 16.8 Å². The highest BCUT2D eigenvalue weighted by Crippen LogP contribution is 2.25. The third kappa shape index (κ3) is 1.25. The van der Waals surface area contributed by atoms with Crippen LogP contribution in [0.3, 0.4) is 0 Å². The molecule has 0 spiro atoms. The van der Waals surface area contributed by atoms with Crippen molar-refractivity contribution >= 4 is 11.6 Å². The van der Waals surface area contributed by atoms with Gasteiger partial charge in [-0.2, -0.15) is 0 Å². The Kier molecular flexibility index (Phi) is 1.95. The molecule has 1 amide bonds. The molecule has 3 heteroatoms. The van der Waals surface area contributed by atoms with E-state index in [-0.39, 0.29) is 11.9 Å². The van der Waals surface area contributed by atoms with E-state index in [1.54, 1.807) is 6.07 Å². The Morgan fingerprint density at radius 2 is 2.14 bits per heavy atom. The van der Waals surface area contributed by atoms with E-state index in [1.807, 2.05) is 30.9 Å². The van der Waals surface area contributed by atoms with Gasteiger partial charge in [0.1, 0.15) is 0 Å². The topological polar surface area (TPSA) is 46.3 Å². The lowest BCUT2D eigenvalue weighted by Crippen LogP contribution is -2.30. The third-order valence-electron chi connectivity index (χ3n) is 2.58. The number of hydrogen-bond acceptors (Lipinski definition) is 2. The van der Waals surface area contributed by atoms with Crippen molar-refractivity contribution in [3.63, 3.8) is 0 Å². The first-order valence-electron chi connectivity index (χ1n) is 4.79. The van der Waals surface area contributed by atoms with Gasteiger partial charge in [-0.25, -0.2) is 0 Å². The predicted octanol–water partition coefficient (Wildman–Crippen LogP) is 1.63. The molecule has 0 saturated heterocycles. The summed E-state index contributed by atoms with van der Waals surface area (Å²) in [6.45, 7) is 4.73. The van der Waals surface area contributed by atoms with Crippen molar-refractivity contribution in [3.8, 4) is 0 Å². The van der Waals surface area contributed by atoms with Gasteiger partial charge in [0.2, 0.25) is 0 Å². The van der Waals surface area contributed by atoms with Crippen LogP contribution in [0.1, 0.15) is 29.8 Å². The Morgan fingerprint density at radius 3 is 2.79 bits per heavy atom. The van der Waals surface area contributed by atoms with E-state index in [2.05, 4.69) is 0 Å². The van der Waals surface area contributed by atoms with Crippen LogP contribution in [0.2, 0.25) is 0 Å². The Bertz CT molecular complexity index is 385. The van der Waals surface area contributed by atoms with Crippen molar-refractivity contribution in [2.24, 2.45) is 0 Å². The van der Waals surface area contributed by atoms with Gasteiger partial charge in [-0.05, 0) is 37.6 Å². The van der Waals surface area contributed by atoms with Crippen LogP contribution in [-0.4, -0.2) is 16.8 Å². The summed E-state index contributed by atoms with van der Waals surface area (Å²) in [5.74, 6) is 0.120. The van der Waals surface area contributed by atoms with Crippen molar-refractivity contribution in [1.29, 1.82) is 0 Å². The Labute approximate surface area is 83.5 Å². The second-order valence-electron chi connectivity index (χ2n) is 3.94. The number of anilines is 1. The fourth-order valence-corrected chi connectivity index (χ4v) is 1.78. The number of amides is 1. The smallest absolute Gasteiger partial charge is 0.254 e. The van der Waals surface area contributed by atoms with Gasteiger partial charge < -0.3 is 10.6 Å². The first-order chi connectivity index (χ1) is 6.59. The van der Waals surface area contributed by atoms with Gasteiger partial charge in [-0.3, -0.25) is 4.79 Å². The first-order valence-corrected chi connectivity index (χ1v) is 4.79. The number of nitrogens with two attached hydrogens (primary N) is 1. The fraction of sp³-hybridized carbons (Fsp3) is 0.364. The van der Waals surface area contributed by atoms with Crippen LogP contribution in [0.5, 0.6) is 0 Å². The van der Waals surface area contributed by atoms with E-state index in [0.29, 0.717) is 6.54 Å². The molecule has 0 aromatic heterocycles. The lowest BCUT2D eigenvalue weighted by atomic mass is 10.1. The minimum Gasteiger partial charge on any atom is -0.399 e. The number of carbonyl (C=O) groups excluding carboxylic acids is 1. The number of fused-ring (bicyclic) bond motifs is 1. The van der Waals surface area contributed by atoms with Gasteiger partial charge in [0, 0.05) is 23.8 Å². The van der Waals surface area contributed by atoms with Gasteiger partial charge in [0.15, 0.2) is 0 Å². The van der Waals surface area contributed by atoms with Crippen LogP contribution in [0.4, 0.5) is 5.69 Å². The molecule has 0 fully saturated rings. The molecule has 1 aliphatic rings. The van der Waals surface area contributed by atoms with Gasteiger partial charge in [0.05, 0.1) is 0 Å². The van der Waals surface area contributed by atoms with E-state index < -0.39 is 0 Å². The van der Waals surface area contributed by atoms with Crippen LogP contribution < -0.4 is 5.73 Å². The SMILES string of the molecule is CC(C)N1Cc2cc(N)ccc2C1=O. The van der Waals surface area contributed by atoms with Crippen LogP contribution in [0.15, 0.2) is 18.2 Å². The number of rotatable bonds is 1. The van der Waals surface area contributed by atoms with Crippen molar-refractivity contribution < 1.29 is 4.79 Å². The second kappa shape index (κ2) is 3.01. The minimum absolute atomic E-state index is 0.120. The van der Waals surface area contributed by atoms with Crippen LogP contribution in [0, 0.1) is 0 Å². The van der Waals surface area contributed by atoms with Gasteiger partial charge in [0.25, 0.3) is 5.91 Å². The molecule has 1 heterocycles. The quantitative estimate of drug-likeness (QED) is 0.684. The molecule has 0 atom stereocenters. The zero-order valence-corrected chi connectivity index (χ0v) is 8.45. The average Bonchev–Trinajstić information content (AvgIpc) is 2.43. The predicted molar refractivity (Wildman–Crippen MR) is 55.9 cm³/mol. The molecule has 2 rings (SSSR count). The average molecular weight is 190 g/mol. The molecule has 1 aromatic rings. The normalized spacial score (nSPS) is 15.1. The summed E-state index contributed by atoms with van der Waals surface area (Å²) >= 11 is 0. The Hall–Kier alpha value is -1.51. The van der Waals surface area contributed by atoms with Crippen LogP contribution in [0.25, 0.3) is 0 Å². The summed E-state index contributed by atoms with van der Waals surface area (Å²) in [7, 11) is 0. The lowest BCUT2D eigenvalue weighted by Gasteiger charge is -2.19. The van der Waals surface area contributed by atoms with Crippen LogP contribution >= 0.6 is 0 Å². The third-order valence-corrected chi connectivity index (χ3v) is 2.58. The molecule has 0 radical (unpaired) electrons. The molecular formula is C11H14N2O. The molecule has 74 valence electrons. The lowest BCUT2D eigenvalue weighted by molar-refractivity contribution is 0.0730. The maximum Gasteiger partial charge on any atom is 0.254 e. The highest BCUT2D eigenvalue weighted by molar-refractivity contribution is 5.98. The molecule has 1 aromatic carbocycles. The molecule has 3 nitrogen and oxygen atoms in total. The molecular weight excluding hydrogens is 176 g/mol. The van der Waals surface area contributed by atoms with E-state index in [1.165, 1.54) is 0 Å². The summed E-state index contributed by atoms with van der Waals surface area (Å²) in [5.41, 5.74) is 8.24. The molecule has 1 aliphatic heterocycles. The molecule has 0 saturated carbocycles. The molecule has 2 N–H and O–H groups in total. The maximum atomic E-state index is 11.8. The first kappa shape index (κ1) is 9.06. The highest BCUT2D eigenvalue weighted by Gasteiger charge is 2.28. The van der Waals surface area contributed by atoms with Gasteiger partial charge in [-0.15, -0.1) is 0 Å². The number of nitrogens with zero attached hydrogens (tertiary/aromatic N) is 1. The number of nitrogen functional groups attached to an aromatic ring is 1. The summed E-state index contributed by atoms with van der Waals surface area (Å²) in [6, 6.07) is 5.72. The summed E-state index contributed by atoms with van der Waals surface area (Å²) < 4.78 is 0. The van der Waals surface area contributed by atoms with Crippen LogP contribution in [-0.2, 0) is 6.54 Å². The zero-order chi connectivity index (χ0) is 10.3. The second-order valence-corrected chi connectivity index (χ2v) is 3.94. The summed E-state index contributed by atoms with van der Waals surface area (Å²) in [6.07, 6.45) is 0. The van der Waals surface area contributed by atoms with Crippen molar-refractivity contribution in [2.75, 3.05) is 5.73 Å². The summed E-state index contributed by atoms with van der Waals surface area (Å²) in [5, 5.41) is 0. The number of benzene rings is 1. The maximum absolute atomic E-state index is 11.8. The standard InChI is InChI=1S/C11H14N2O/c1-7(2)13-6-8-5-9(12)3-4-10(8)11(13)14/h3-5,7H,6,12H2,1-2H3. The van der Waals surface area contributed by atoms with Crippen molar-refractivity contribution in [1.82, 2.24) is 4.90 Å². The number of carbonyl (C=O) groups is 1. The molecule has 0 bridgehead atoms. The highest BCUT2D eigenvalue weighted by atomic mass is 16.2. The van der Waals surface area contributed by atoms with Gasteiger partial charge in [-0.1, -0.05) is 0 Å². The largest absolute Gasteiger partial charge is 0.399 e. The monoisotopic (exact) mass is 190 g/mol. The van der Waals surface area contributed by atoms with Gasteiger partial charge >= 0.3 is 0 Å². The van der Waals surface area contributed by atoms with E-state index in [4.69, 9.17) is 5.73 Å². The molecule has 0 aliphatic carbocycles. The van der Waals surface area contributed by atoms with E-state index >= 15 is 0 Å². The van der Waals surface area contributed by atoms with Crippen molar-refractivity contribution in [3.05, 3.63) is 29.3 Å². The van der Waals surface area contributed by atoms with Crippen molar-refractivity contribution in [2.45, 2.75) is 26.4 Å². The fourth-order valence-electron chi connectivity index (χ4n) is 1.78. The Morgan fingerprint density at radius 1 is 1.43 bits per heavy atom. The number of hydrogen-bond donors (Lipinski definition) is 1. The van der Waals surface area contributed by atoms with E-state index in [9.17, 15) is 4.79 Å². The molecule has 14 heavy (non-hydrogen) atoms. The molecule has 0 unspecified atom stereocenters. The summed E-state index contributed by atoms with van der Waals surface area (Å²) in [4.78, 5) is 13.7. The minimum atomic E-state index is 0.120. The zero-order valence-electron chi connectivity index (χ0n) is 8.45. The Balaban J connectivity index is 2.40.